The van der Waals surface area contributed by atoms with Gasteiger partial charge < -0.3 is 10.1 Å². The summed E-state index contributed by atoms with van der Waals surface area (Å²) in [6.45, 7) is 0. The number of fused-ring (bicyclic) bond motifs is 1. The van der Waals surface area contributed by atoms with Crippen LogP contribution in [0.4, 0.5) is 5.82 Å². The summed E-state index contributed by atoms with van der Waals surface area (Å²) in [6.07, 6.45) is 11.3. The fourth-order valence-electron chi connectivity index (χ4n) is 4.49. The number of para-hydroxylation sites is 1. The second-order valence-electron chi connectivity index (χ2n) is 9.00. The van der Waals surface area contributed by atoms with Crippen LogP contribution in [0.3, 0.4) is 0 Å². The summed E-state index contributed by atoms with van der Waals surface area (Å²) >= 11 is 0. The van der Waals surface area contributed by atoms with Crippen molar-refractivity contribution in [1.82, 2.24) is 24.5 Å². The Morgan fingerprint density at radius 1 is 1.15 bits per heavy atom. The highest BCUT2D eigenvalue weighted by Gasteiger charge is 2.30. The molecule has 0 bridgehead atoms. The van der Waals surface area contributed by atoms with Crippen LogP contribution in [0, 0.1) is 5.92 Å². The molecule has 4 aromatic rings. The predicted octanol–water partition coefficient (Wildman–Crippen LogP) is 4.58. The number of pyridine rings is 1. The third-order valence-corrected chi connectivity index (χ3v) is 6.77. The standard InChI is InChI=1S/C25H26N6O2/c1-30-21-13-26-22(28-25(32)15-9-10-15)11-20(21)23(29-30)19-8-4-7-18(24(19)33-2)16-12-27-31(14-16)17-5-3-6-17/h4,7-8,11-15,17H,3,5-6,9-10H2,1-2H3,(H,26,28,32). The molecule has 2 fully saturated rings. The van der Waals surface area contributed by atoms with Gasteiger partial charge in [0.05, 0.1) is 31.1 Å². The van der Waals surface area contributed by atoms with E-state index in [1.807, 2.05) is 36.1 Å². The molecule has 168 valence electrons. The number of methoxy groups -OCH3 is 1. The van der Waals surface area contributed by atoms with Crippen molar-refractivity contribution < 1.29 is 9.53 Å². The van der Waals surface area contributed by atoms with E-state index < -0.39 is 0 Å². The number of hydrogen-bond donors (Lipinski definition) is 1. The minimum absolute atomic E-state index is 0.0374. The summed E-state index contributed by atoms with van der Waals surface area (Å²) in [5.74, 6) is 1.46. The van der Waals surface area contributed by atoms with E-state index in [1.165, 1.54) is 19.3 Å². The van der Waals surface area contributed by atoms with Crippen LogP contribution in [-0.2, 0) is 11.8 Å². The number of anilines is 1. The number of nitrogens with zero attached hydrogens (tertiary/aromatic N) is 5. The Labute approximate surface area is 191 Å². The van der Waals surface area contributed by atoms with E-state index in [1.54, 1.807) is 13.3 Å². The lowest BCUT2D eigenvalue weighted by atomic mass is 9.93. The first-order valence-corrected chi connectivity index (χ1v) is 11.5. The quantitative estimate of drug-likeness (QED) is 0.472. The Morgan fingerprint density at radius 3 is 2.70 bits per heavy atom. The smallest absolute Gasteiger partial charge is 0.228 e. The van der Waals surface area contributed by atoms with Gasteiger partial charge >= 0.3 is 0 Å². The van der Waals surface area contributed by atoms with Crippen LogP contribution in [0.1, 0.15) is 38.1 Å². The van der Waals surface area contributed by atoms with Gasteiger partial charge in [0.25, 0.3) is 0 Å². The molecule has 0 atom stereocenters. The van der Waals surface area contributed by atoms with Gasteiger partial charge in [0.2, 0.25) is 5.91 Å². The molecule has 3 heterocycles. The maximum absolute atomic E-state index is 12.2. The van der Waals surface area contributed by atoms with Crippen LogP contribution in [-0.4, -0.2) is 37.6 Å². The van der Waals surface area contributed by atoms with Crippen molar-refractivity contribution in [2.75, 3.05) is 12.4 Å². The van der Waals surface area contributed by atoms with Gasteiger partial charge in [-0.2, -0.15) is 10.2 Å². The summed E-state index contributed by atoms with van der Waals surface area (Å²) in [6, 6.07) is 8.50. The van der Waals surface area contributed by atoms with Gasteiger partial charge in [0.15, 0.2) is 0 Å². The second kappa shape index (κ2) is 7.72. The molecule has 33 heavy (non-hydrogen) atoms. The van der Waals surface area contributed by atoms with E-state index in [0.29, 0.717) is 11.9 Å². The Bertz CT molecular complexity index is 1360. The molecule has 3 aromatic heterocycles. The molecule has 2 saturated carbocycles. The summed E-state index contributed by atoms with van der Waals surface area (Å²) in [5, 5.41) is 13.2. The van der Waals surface area contributed by atoms with Crippen LogP contribution in [0.25, 0.3) is 33.3 Å². The number of amides is 1. The van der Waals surface area contributed by atoms with E-state index >= 15 is 0 Å². The van der Waals surface area contributed by atoms with Crippen molar-refractivity contribution in [3.05, 3.63) is 42.9 Å². The normalized spacial score (nSPS) is 16.1. The highest BCUT2D eigenvalue weighted by molar-refractivity contribution is 6.00. The van der Waals surface area contributed by atoms with Crippen LogP contribution in [0.2, 0.25) is 0 Å². The lowest BCUT2D eigenvalue weighted by molar-refractivity contribution is -0.117. The molecule has 8 nitrogen and oxygen atoms in total. The van der Waals surface area contributed by atoms with Crippen molar-refractivity contribution in [1.29, 1.82) is 0 Å². The number of hydrogen-bond acceptors (Lipinski definition) is 5. The van der Waals surface area contributed by atoms with Crippen molar-refractivity contribution in [3.63, 3.8) is 0 Å². The molecule has 0 unspecified atom stereocenters. The largest absolute Gasteiger partial charge is 0.495 e. The van der Waals surface area contributed by atoms with Gasteiger partial charge in [0.1, 0.15) is 17.3 Å². The third kappa shape index (κ3) is 3.46. The van der Waals surface area contributed by atoms with Gasteiger partial charge in [-0.1, -0.05) is 12.1 Å². The highest BCUT2D eigenvalue weighted by atomic mass is 16.5. The lowest BCUT2D eigenvalue weighted by Crippen LogP contribution is -2.16. The van der Waals surface area contributed by atoms with E-state index in [2.05, 4.69) is 32.3 Å². The highest BCUT2D eigenvalue weighted by Crippen LogP contribution is 2.42. The Morgan fingerprint density at radius 2 is 1.97 bits per heavy atom. The van der Waals surface area contributed by atoms with E-state index in [4.69, 9.17) is 9.84 Å². The average Bonchev–Trinajstić information content (AvgIpc) is 3.46. The van der Waals surface area contributed by atoms with Crippen LogP contribution in [0.5, 0.6) is 5.75 Å². The van der Waals surface area contributed by atoms with E-state index in [0.717, 1.165) is 51.9 Å². The summed E-state index contributed by atoms with van der Waals surface area (Å²) in [7, 11) is 3.58. The van der Waals surface area contributed by atoms with Crippen molar-refractivity contribution >= 4 is 22.6 Å². The number of carbonyl (C=O) groups is 1. The zero-order valence-corrected chi connectivity index (χ0v) is 18.8. The molecular weight excluding hydrogens is 416 g/mol. The fraction of sp³-hybridized carbons (Fsp3) is 0.360. The molecule has 8 heteroatoms. The minimum atomic E-state index is 0.0374. The van der Waals surface area contributed by atoms with Crippen LogP contribution >= 0.6 is 0 Å². The number of nitrogens with one attached hydrogen (secondary N) is 1. The summed E-state index contributed by atoms with van der Waals surface area (Å²) in [5.41, 5.74) is 4.58. The zero-order chi connectivity index (χ0) is 22.5. The first-order valence-electron chi connectivity index (χ1n) is 11.5. The molecule has 1 N–H and O–H groups in total. The lowest BCUT2D eigenvalue weighted by Gasteiger charge is -2.25. The van der Waals surface area contributed by atoms with Gasteiger partial charge in [-0.3, -0.25) is 14.2 Å². The number of carbonyl (C=O) groups excluding carboxylic acids is 1. The topological polar surface area (TPSA) is 86.9 Å². The molecule has 0 saturated heterocycles. The van der Waals surface area contributed by atoms with E-state index in [9.17, 15) is 4.79 Å². The van der Waals surface area contributed by atoms with Gasteiger partial charge in [-0.15, -0.1) is 0 Å². The van der Waals surface area contributed by atoms with Gasteiger partial charge in [0, 0.05) is 41.2 Å². The molecule has 0 radical (unpaired) electrons. The number of ether oxygens (including phenoxy) is 1. The predicted molar refractivity (Wildman–Crippen MR) is 126 cm³/mol. The molecule has 6 rings (SSSR count). The molecule has 1 amide bonds. The zero-order valence-electron chi connectivity index (χ0n) is 18.8. The Balaban J connectivity index is 1.43. The Kier molecular flexibility index (Phi) is 4.67. The van der Waals surface area contributed by atoms with Crippen LogP contribution < -0.4 is 10.1 Å². The minimum Gasteiger partial charge on any atom is -0.495 e. The molecule has 1 aromatic carbocycles. The first-order chi connectivity index (χ1) is 16.1. The second-order valence-corrected chi connectivity index (χ2v) is 9.00. The number of rotatable bonds is 6. The van der Waals surface area contributed by atoms with Crippen LogP contribution in [0.15, 0.2) is 42.9 Å². The molecule has 2 aliphatic carbocycles. The number of benzene rings is 1. The average molecular weight is 443 g/mol. The van der Waals surface area contributed by atoms with Crippen molar-refractivity contribution in [2.24, 2.45) is 13.0 Å². The maximum atomic E-state index is 12.2. The summed E-state index contributed by atoms with van der Waals surface area (Å²) in [4.78, 5) is 16.7. The molecule has 0 aliphatic heterocycles. The van der Waals surface area contributed by atoms with Gasteiger partial charge in [-0.25, -0.2) is 4.98 Å². The third-order valence-electron chi connectivity index (χ3n) is 6.77. The van der Waals surface area contributed by atoms with Crippen molar-refractivity contribution in [3.8, 4) is 28.1 Å². The SMILES string of the molecule is COc1c(-c2cnn(C3CCC3)c2)cccc1-c1nn(C)c2cnc(NC(=O)C3CC3)cc12. The summed E-state index contributed by atoms with van der Waals surface area (Å²) < 4.78 is 9.80. The first kappa shape index (κ1) is 20.0. The van der Waals surface area contributed by atoms with Crippen molar-refractivity contribution in [2.45, 2.75) is 38.1 Å². The Hall–Kier alpha value is -3.68. The van der Waals surface area contributed by atoms with E-state index in [-0.39, 0.29) is 11.8 Å². The number of aryl methyl sites for hydroxylation is 1. The van der Waals surface area contributed by atoms with Gasteiger partial charge in [-0.05, 0) is 44.2 Å². The molecule has 0 spiro atoms. The monoisotopic (exact) mass is 442 g/mol. The fourth-order valence-corrected chi connectivity index (χ4v) is 4.49. The maximum Gasteiger partial charge on any atom is 0.228 e. The molecule has 2 aliphatic rings. The molecular formula is C25H26N6O2. The number of aromatic nitrogens is 5.